The number of rotatable bonds is 9. The molecule has 1 aliphatic heterocycles. The third-order valence-electron chi connectivity index (χ3n) is 5.14. The predicted octanol–water partition coefficient (Wildman–Crippen LogP) is 3.17. The topological polar surface area (TPSA) is 48.9 Å². The van der Waals surface area contributed by atoms with Crippen molar-refractivity contribution in [1.82, 2.24) is 15.5 Å². The van der Waals surface area contributed by atoms with E-state index in [1.165, 1.54) is 37.0 Å². The van der Waals surface area contributed by atoms with Gasteiger partial charge in [-0.05, 0) is 45.1 Å². The minimum atomic E-state index is -4.12. The van der Waals surface area contributed by atoms with Gasteiger partial charge in [-0.2, -0.15) is 13.2 Å². The van der Waals surface area contributed by atoms with Gasteiger partial charge in [-0.15, -0.1) is 0 Å². The van der Waals surface area contributed by atoms with Crippen molar-refractivity contribution in [3.8, 4) is 0 Å². The van der Waals surface area contributed by atoms with Crippen LogP contribution in [0, 0.1) is 5.92 Å². The molecule has 2 N–H and O–H groups in total. The Labute approximate surface area is 161 Å². The Bertz CT molecular complexity index is 439. The molecule has 1 saturated carbocycles. The number of nitrogens with zero attached hydrogens (tertiary/aromatic N) is 2. The van der Waals surface area contributed by atoms with Gasteiger partial charge in [0.05, 0.1) is 12.6 Å². The molecule has 0 aromatic heterocycles. The Morgan fingerprint density at radius 2 is 1.93 bits per heavy atom. The van der Waals surface area contributed by atoms with Crippen molar-refractivity contribution in [2.75, 3.05) is 45.9 Å². The molecule has 1 saturated heterocycles. The normalized spacial score (nSPS) is 23.0. The highest BCUT2D eigenvalue weighted by Crippen LogP contribution is 2.23. The van der Waals surface area contributed by atoms with Gasteiger partial charge >= 0.3 is 6.18 Å². The molecule has 0 amide bonds. The van der Waals surface area contributed by atoms with Crippen molar-refractivity contribution in [1.29, 1.82) is 0 Å². The fourth-order valence-electron chi connectivity index (χ4n) is 3.78. The van der Waals surface area contributed by atoms with E-state index in [2.05, 4.69) is 15.6 Å². The summed E-state index contributed by atoms with van der Waals surface area (Å²) in [4.78, 5) is 6.03. The van der Waals surface area contributed by atoms with Crippen molar-refractivity contribution in [3.63, 3.8) is 0 Å². The van der Waals surface area contributed by atoms with Crippen molar-refractivity contribution in [2.45, 2.75) is 64.1 Å². The fourth-order valence-corrected chi connectivity index (χ4v) is 3.78. The maximum Gasteiger partial charge on any atom is 0.401 e. The number of hydrogen-bond donors (Lipinski definition) is 2. The molecule has 0 bridgehead atoms. The quantitative estimate of drug-likeness (QED) is 0.360. The van der Waals surface area contributed by atoms with Crippen molar-refractivity contribution in [3.05, 3.63) is 0 Å². The molecule has 0 aromatic carbocycles. The highest BCUT2D eigenvalue weighted by atomic mass is 19.4. The number of guanidine groups is 1. The maximum atomic E-state index is 12.5. The van der Waals surface area contributed by atoms with Crippen molar-refractivity contribution >= 4 is 5.96 Å². The third-order valence-corrected chi connectivity index (χ3v) is 5.14. The first kappa shape index (κ1) is 22.3. The Morgan fingerprint density at radius 3 is 2.63 bits per heavy atom. The van der Waals surface area contributed by atoms with Gasteiger partial charge in [-0.3, -0.25) is 9.89 Å². The van der Waals surface area contributed by atoms with Gasteiger partial charge < -0.3 is 15.4 Å². The fraction of sp³-hybridized carbons (Fsp3) is 0.947. The molecule has 1 atom stereocenters. The number of nitrogens with one attached hydrogen (secondary N) is 2. The van der Waals surface area contributed by atoms with Crippen LogP contribution in [0.2, 0.25) is 0 Å². The van der Waals surface area contributed by atoms with Crippen LogP contribution in [0.4, 0.5) is 13.2 Å². The third kappa shape index (κ3) is 9.65. The van der Waals surface area contributed by atoms with E-state index in [1.807, 2.05) is 6.92 Å². The van der Waals surface area contributed by atoms with Crippen LogP contribution in [0.15, 0.2) is 4.99 Å². The lowest BCUT2D eigenvalue weighted by molar-refractivity contribution is -0.143. The summed E-state index contributed by atoms with van der Waals surface area (Å²) < 4.78 is 43.3. The number of ether oxygens (including phenoxy) is 1. The first-order chi connectivity index (χ1) is 13.0. The average Bonchev–Trinajstić information content (AvgIpc) is 3.05. The van der Waals surface area contributed by atoms with E-state index in [4.69, 9.17) is 4.74 Å². The number of halogens is 3. The molecule has 27 heavy (non-hydrogen) atoms. The number of hydrogen-bond acceptors (Lipinski definition) is 3. The van der Waals surface area contributed by atoms with Gasteiger partial charge in [0.1, 0.15) is 0 Å². The standard InChI is InChI=1S/C19H35F3N4O/c1-2-23-18(24-10-6-12-27-17-7-4-3-5-8-17)25-13-16-9-11-26(14-16)15-19(20,21)22/h16-17H,2-15H2,1H3,(H2,23,24,25). The van der Waals surface area contributed by atoms with Crippen LogP contribution in [0.5, 0.6) is 0 Å². The molecule has 0 aromatic rings. The monoisotopic (exact) mass is 392 g/mol. The largest absolute Gasteiger partial charge is 0.401 e. The lowest BCUT2D eigenvalue weighted by atomic mass is 9.98. The minimum absolute atomic E-state index is 0.192. The van der Waals surface area contributed by atoms with Crippen LogP contribution in [-0.2, 0) is 4.74 Å². The molecular weight excluding hydrogens is 357 g/mol. The van der Waals surface area contributed by atoms with E-state index in [1.54, 1.807) is 0 Å². The molecule has 5 nitrogen and oxygen atoms in total. The van der Waals surface area contributed by atoms with E-state index in [0.29, 0.717) is 25.7 Å². The number of likely N-dealkylation sites (tertiary alicyclic amines) is 1. The summed E-state index contributed by atoms with van der Waals surface area (Å²) in [6, 6.07) is 0. The van der Waals surface area contributed by atoms with Crippen molar-refractivity contribution < 1.29 is 17.9 Å². The van der Waals surface area contributed by atoms with Gasteiger partial charge in [0, 0.05) is 32.8 Å². The first-order valence-corrected chi connectivity index (χ1v) is 10.4. The smallest absolute Gasteiger partial charge is 0.378 e. The average molecular weight is 393 g/mol. The van der Waals surface area contributed by atoms with Gasteiger partial charge in [0.25, 0.3) is 0 Å². The molecule has 0 spiro atoms. The zero-order valence-electron chi connectivity index (χ0n) is 16.5. The summed E-state index contributed by atoms with van der Waals surface area (Å²) in [5, 5.41) is 6.50. The van der Waals surface area contributed by atoms with Crippen LogP contribution < -0.4 is 10.6 Å². The maximum absolute atomic E-state index is 12.5. The van der Waals surface area contributed by atoms with E-state index in [-0.39, 0.29) is 5.92 Å². The molecule has 2 fully saturated rings. The summed E-state index contributed by atoms with van der Waals surface area (Å²) >= 11 is 0. The van der Waals surface area contributed by atoms with Gasteiger partial charge in [-0.25, -0.2) is 0 Å². The van der Waals surface area contributed by atoms with Gasteiger partial charge in [0.2, 0.25) is 0 Å². The van der Waals surface area contributed by atoms with Gasteiger partial charge in [-0.1, -0.05) is 19.3 Å². The highest BCUT2D eigenvalue weighted by molar-refractivity contribution is 5.79. The zero-order valence-corrected chi connectivity index (χ0v) is 16.5. The molecular formula is C19H35F3N4O. The van der Waals surface area contributed by atoms with Crippen LogP contribution in [0.25, 0.3) is 0 Å². The van der Waals surface area contributed by atoms with Crippen LogP contribution in [-0.4, -0.2) is 69.0 Å². The Kier molecular flexibility index (Phi) is 9.68. The molecule has 8 heteroatoms. The van der Waals surface area contributed by atoms with Crippen molar-refractivity contribution in [2.24, 2.45) is 10.9 Å². The van der Waals surface area contributed by atoms with Crippen LogP contribution in [0.1, 0.15) is 51.9 Å². The predicted molar refractivity (Wildman–Crippen MR) is 102 cm³/mol. The first-order valence-electron chi connectivity index (χ1n) is 10.4. The second kappa shape index (κ2) is 11.7. The van der Waals surface area contributed by atoms with Crippen LogP contribution >= 0.6 is 0 Å². The molecule has 1 aliphatic carbocycles. The molecule has 1 heterocycles. The summed E-state index contributed by atoms with van der Waals surface area (Å²) in [6.07, 6.45) is 4.27. The van der Waals surface area contributed by atoms with Gasteiger partial charge in [0.15, 0.2) is 5.96 Å². The van der Waals surface area contributed by atoms with Crippen LogP contribution in [0.3, 0.4) is 0 Å². The van der Waals surface area contributed by atoms with E-state index in [9.17, 15) is 13.2 Å². The summed E-state index contributed by atoms with van der Waals surface area (Å²) in [7, 11) is 0. The second-order valence-electron chi connectivity index (χ2n) is 7.64. The number of aliphatic imine (C=N–C) groups is 1. The number of alkyl halides is 3. The van der Waals surface area contributed by atoms with E-state index >= 15 is 0 Å². The SMILES string of the molecule is CCNC(=NCC1CCN(CC(F)(F)F)C1)NCCCOC1CCCCC1. The highest BCUT2D eigenvalue weighted by Gasteiger charge is 2.34. The Balaban J connectivity index is 1.62. The lowest BCUT2D eigenvalue weighted by Gasteiger charge is -2.22. The molecule has 0 radical (unpaired) electrons. The molecule has 1 unspecified atom stereocenters. The molecule has 158 valence electrons. The Hall–Kier alpha value is -1.02. The van der Waals surface area contributed by atoms with E-state index < -0.39 is 12.7 Å². The Morgan fingerprint density at radius 1 is 1.15 bits per heavy atom. The lowest BCUT2D eigenvalue weighted by Crippen LogP contribution is -2.38. The second-order valence-corrected chi connectivity index (χ2v) is 7.64. The summed E-state index contributed by atoms with van der Waals surface area (Å²) in [5.41, 5.74) is 0. The van der Waals surface area contributed by atoms with E-state index in [0.717, 1.165) is 38.5 Å². The minimum Gasteiger partial charge on any atom is -0.378 e. The summed E-state index contributed by atoms with van der Waals surface area (Å²) in [5.74, 6) is 0.932. The molecule has 2 rings (SSSR count). The zero-order chi connectivity index (χ0) is 19.5. The molecule has 2 aliphatic rings. The summed E-state index contributed by atoms with van der Waals surface area (Å²) in [6.45, 7) is 5.02.